The maximum absolute atomic E-state index is 13.1. The van der Waals surface area contributed by atoms with Crippen molar-refractivity contribution >= 4 is 23.4 Å². The summed E-state index contributed by atoms with van der Waals surface area (Å²) in [7, 11) is 0. The van der Waals surface area contributed by atoms with Crippen LogP contribution in [-0.4, -0.2) is 38.7 Å². The molecule has 0 aliphatic heterocycles. The van der Waals surface area contributed by atoms with Gasteiger partial charge in [0.1, 0.15) is 11.6 Å². The molecule has 4 rings (SSSR count). The average Bonchev–Trinajstić information content (AvgIpc) is 3.31. The van der Waals surface area contributed by atoms with Crippen LogP contribution in [0.15, 0.2) is 89.1 Å². The van der Waals surface area contributed by atoms with E-state index in [0.717, 1.165) is 22.6 Å². The number of rotatable bonds is 9. The summed E-state index contributed by atoms with van der Waals surface area (Å²) in [5.41, 5.74) is 5.61. The Morgan fingerprint density at radius 1 is 1.03 bits per heavy atom. The van der Waals surface area contributed by atoms with E-state index in [4.69, 9.17) is 4.74 Å². The van der Waals surface area contributed by atoms with Gasteiger partial charge in [0, 0.05) is 11.3 Å². The molecule has 1 aromatic heterocycles. The fourth-order valence-corrected chi connectivity index (χ4v) is 4.04. The molecule has 0 bridgehead atoms. The number of hydrogen-bond donors (Lipinski definition) is 1. The minimum atomic E-state index is -0.325. The minimum absolute atomic E-state index is 0.0875. The second-order valence-corrected chi connectivity index (χ2v) is 8.40. The van der Waals surface area contributed by atoms with Crippen molar-refractivity contribution in [3.05, 3.63) is 90.2 Å². The highest BCUT2D eigenvalue weighted by Gasteiger charge is 2.17. The lowest BCUT2D eigenvalue weighted by atomic mass is 10.1. The number of thioether (sulfide) groups is 1. The molecule has 0 radical (unpaired) electrons. The van der Waals surface area contributed by atoms with Crippen LogP contribution in [0.5, 0.6) is 5.75 Å². The Labute approximate surface area is 207 Å². The number of aromatic nitrogens is 3. The molecule has 4 aromatic rings. The van der Waals surface area contributed by atoms with Gasteiger partial charge in [-0.3, -0.25) is 9.36 Å². The van der Waals surface area contributed by atoms with Crippen LogP contribution in [0.1, 0.15) is 19.4 Å². The number of carbonyl (C=O) groups excluding carboxylic acids is 1. The Bertz CT molecular complexity index is 1310. The van der Waals surface area contributed by atoms with Crippen LogP contribution in [0.25, 0.3) is 17.1 Å². The number of hydrazone groups is 1. The van der Waals surface area contributed by atoms with E-state index in [9.17, 15) is 9.18 Å². The standard InChI is InChI=1S/C26H24FN5O2S/c1-3-34-23-15-13-22(14-16-23)32-25(20-7-5-4-6-8-20)30-31-26(32)35-17-24(33)29-28-18(2)19-9-11-21(27)12-10-19/h4-16H,3,17H2,1-2H3,(H,29,33)/b28-18+. The fraction of sp³-hybridized carbons (Fsp3) is 0.154. The molecule has 178 valence electrons. The highest BCUT2D eigenvalue weighted by atomic mass is 32.2. The predicted octanol–water partition coefficient (Wildman–Crippen LogP) is 5.10. The molecule has 35 heavy (non-hydrogen) atoms. The number of nitrogens with zero attached hydrogens (tertiary/aromatic N) is 4. The average molecular weight is 490 g/mol. The number of halogens is 1. The molecule has 0 saturated heterocycles. The molecule has 1 N–H and O–H groups in total. The number of benzene rings is 3. The monoisotopic (exact) mass is 489 g/mol. The van der Waals surface area contributed by atoms with Gasteiger partial charge in [-0.25, -0.2) is 9.82 Å². The second-order valence-electron chi connectivity index (χ2n) is 7.46. The second kappa shape index (κ2) is 11.4. The molecule has 0 spiro atoms. The van der Waals surface area contributed by atoms with Crippen LogP contribution in [0.4, 0.5) is 4.39 Å². The van der Waals surface area contributed by atoms with Gasteiger partial charge in [-0.2, -0.15) is 5.10 Å². The quantitative estimate of drug-likeness (QED) is 0.201. The fourth-order valence-electron chi connectivity index (χ4n) is 3.29. The summed E-state index contributed by atoms with van der Waals surface area (Å²) < 4.78 is 20.6. The first-order valence-electron chi connectivity index (χ1n) is 11.0. The molecule has 3 aromatic carbocycles. The number of hydrogen-bond acceptors (Lipinski definition) is 6. The molecule has 0 fully saturated rings. The summed E-state index contributed by atoms with van der Waals surface area (Å²) in [6.45, 7) is 4.27. The van der Waals surface area contributed by atoms with Gasteiger partial charge < -0.3 is 4.74 Å². The van der Waals surface area contributed by atoms with Gasteiger partial charge >= 0.3 is 0 Å². The number of carbonyl (C=O) groups is 1. The third-order valence-electron chi connectivity index (χ3n) is 5.01. The van der Waals surface area contributed by atoms with Gasteiger partial charge in [0.15, 0.2) is 11.0 Å². The Hall–Kier alpha value is -3.98. The van der Waals surface area contributed by atoms with Crippen molar-refractivity contribution in [2.75, 3.05) is 12.4 Å². The van der Waals surface area contributed by atoms with Crippen molar-refractivity contribution in [1.29, 1.82) is 0 Å². The lowest BCUT2D eigenvalue weighted by Crippen LogP contribution is -2.21. The molecule has 0 atom stereocenters. The summed E-state index contributed by atoms with van der Waals surface area (Å²) >= 11 is 1.26. The Morgan fingerprint density at radius 3 is 2.43 bits per heavy atom. The first-order valence-corrected chi connectivity index (χ1v) is 12.0. The third-order valence-corrected chi connectivity index (χ3v) is 5.94. The van der Waals surface area contributed by atoms with E-state index in [-0.39, 0.29) is 17.5 Å². The van der Waals surface area contributed by atoms with E-state index in [1.807, 2.05) is 66.1 Å². The largest absolute Gasteiger partial charge is 0.494 e. The molecular formula is C26H24FN5O2S. The van der Waals surface area contributed by atoms with Crippen molar-refractivity contribution in [2.24, 2.45) is 5.10 Å². The van der Waals surface area contributed by atoms with Crippen LogP contribution in [0, 0.1) is 5.82 Å². The summed E-state index contributed by atoms with van der Waals surface area (Å²) in [5.74, 6) is 0.910. The van der Waals surface area contributed by atoms with Gasteiger partial charge in [-0.1, -0.05) is 54.2 Å². The highest BCUT2D eigenvalue weighted by Crippen LogP contribution is 2.28. The van der Waals surface area contributed by atoms with E-state index in [0.29, 0.717) is 23.3 Å². The van der Waals surface area contributed by atoms with Crippen LogP contribution >= 0.6 is 11.8 Å². The summed E-state index contributed by atoms with van der Waals surface area (Å²) in [6.07, 6.45) is 0. The first-order chi connectivity index (χ1) is 17.0. The topological polar surface area (TPSA) is 81.4 Å². The first kappa shape index (κ1) is 24.2. The number of amides is 1. The molecule has 0 aliphatic carbocycles. The Morgan fingerprint density at radius 2 is 1.74 bits per heavy atom. The molecular weight excluding hydrogens is 465 g/mol. The smallest absolute Gasteiger partial charge is 0.250 e. The van der Waals surface area contributed by atoms with Crippen molar-refractivity contribution in [3.63, 3.8) is 0 Å². The molecule has 0 unspecified atom stereocenters. The highest BCUT2D eigenvalue weighted by molar-refractivity contribution is 7.99. The molecule has 0 aliphatic rings. The summed E-state index contributed by atoms with van der Waals surface area (Å²) in [5, 5.41) is 13.4. The van der Waals surface area contributed by atoms with Crippen LogP contribution < -0.4 is 10.2 Å². The van der Waals surface area contributed by atoms with Crippen LogP contribution in [0.2, 0.25) is 0 Å². The van der Waals surface area contributed by atoms with E-state index in [1.54, 1.807) is 19.1 Å². The van der Waals surface area contributed by atoms with Crippen molar-refractivity contribution < 1.29 is 13.9 Å². The summed E-state index contributed by atoms with van der Waals surface area (Å²) in [6, 6.07) is 23.3. The van der Waals surface area contributed by atoms with E-state index < -0.39 is 0 Å². The zero-order chi connectivity index (χ0) is 24.6. The predicted molar refractivity (Wildman–Crippen MR) is 135 cm³/mol. The summed E-state index contributed by atoms with van der Waals surface area (Å²) in [4.78, 5) is 12.5. The lowest BCUT2D eigenvalue weighted by molar-refractivity contribution is -0.118. The van der Waals surface area contributed by atoms with Crippen molar-refractivity contribution in [3.8, 4) is 22.8 Å². The maximum Gasteiger partial charge on any atom is 0.250 e. The van der Waals surface area contributed by atoms with Gasteiger partial charge in [0.05, 0.1) is 18.1 Å². The molecule has 1 amide bonds. The van der Waals surface area contributed by atoms with Gasteiger partial charge in [-0.15, -0.1) is 10.2 Å². The van der Waals surface area contributed by atoms with E-state index in [2.05, 4.69) is 20.7 Å². The number of ether oxygens (including phenoxy) is 1. The van der Waals surface area contributed by atoms with Crippen molar-refractivity contribution in [2.45, 2.75) is 19.0 Å². The van der Waals surface area contributed by atoms with Crippen LogP contribution in [-0.2, 0) is 4.79 Å². The molecule has 9 heteroatoms. The molecule has 0 saturated carbocycles. The zero-order valence-electron chi connectivity index (χ0n) is 19.3. The SMILES string of the molecule is CCOc1ccc(-n2c(SCC(=O)N/N=C(\C)c3ccc(F)cc3)nnc2-c2ccccc2)cc1. The minimum Gasteiger partial charge on any atom is -0.494 e. The Balaban J connectivity index is 1.52. The number of nitrogens with one attached hydrogen (secondary N) is 1. The van der Waals surface area contributed by atoms with Crippen molar-refractivity contribution in [1.82, 2.24) is 20.2 Å². The zero-order valence-corrected chi connectivity index (χ0v) is 20.1. The van der Waals surface area contributed by atoms with Crippen LogP contribution in [0.3, 0.4) is 0 Å². The van der Waals surface area contributed by atoms with Gasteiger partial charge in [-0.05, 0) is 55.8 Å². The Kier molecular flexibility index (Phi) is 7.89. The normalized spacial score (nSPS) is 11.3. The lowest BCUT2D eigenvalue weighted by Gasteiger charge is -2.11. The molecule has 7 nitrogen and oxygen atoms in total. The van der Waals surface area contributed by atoms with E-state index >= 15 is 0 Å². The third kappa shape index (κ3) is 6.13. The van der Waals surface area contributed by atoms with Gasteiger partial charge in [0.25, 0.3) is 5.91 Å². The maximum atomic E-state index is 13.1. The van der Waals surface area contributed by atoms with E-state index in [1.165, 1.54) is 23.9 Å². The molecule has 1 heterocycles. The van der Waals surface area contributed by atoms with Gasteiger partial charge in [0.2, 0.25) is 0 Å².